The first-order valence-electron chi connectivity index (χ1n) is 3.20. The molecule has 48 valence electrons. The van der Waals surface area contributed by atoms with E-state index < -0.39 is 0 Å². The summed E-state index contributed by atoms with van der Waals surface area (Å²) in [6.07, 6.45) is 2.05. The first-order chi connectivity index (χ1) is 3.93. The predicted molar refractivity (Wildman–Crippen MR) is 31.6 cm³/mol. The normalized spacial score (nSPS) is 23.6. The van der Waals surface area contributed by atoms with Crippen LogP contribution in [-0.2, 0) is 0 Å². The van der Waals surface area contributed by atoms with Crippen LogP contribution in [0, 0.1) is 5.92 Å². The monoisotopic (exact) mass is 117 g/mol. The van der Waals surface area contributed by atoms with E-state index in [4.69, 9.17) is 0 Å². The third-order valence-electron chi connectivity index (χ3n) is 1.68. The van der Waals surface area contributed by atoms with Crippen LogP contribution in [0.25, 0.3) is 0 Å². The van der Waals surface area contributed by atoms with Gasteiger partial charge in [-0.2, -0.15) is 0 Å². The molecule has 0 aliphatic carbocycles. The number of hydrogen-bond donors (Lipinski definition) is 1. The molecule has 1 saturated heterocycles. The fourth-order valence-corrected chi connectivity index (χ4v) is 1.04. The van der Waals surface area contributed by atoms with Crippen molar-refractivity contribution in [1.29, 1.82) is 0 Å². The van der Waals surface area contributed by atoms with Crippen molar-refractivity contribution in [1.82, 2.24) is 5.32 Å². The van der Waals surface area contributed by atoms with Gasteiger partial charge in [0.1, 0.15) is 0 Å². The average molecular weight is 117 g/mol. The van der Waals surface area contributed by atoms with Crippen molar-refractivity contribution in [3.63, 3.8) is 0 Å². The van der Waals surface area contributed by atoms with E-state index in [9.17, 15) is 4.39 Å². The van der Waals surface area contributed by atoms with Crippen molar-refractivity contribution in [3.05, 3.63) is 0 Å². The Hall–Kier alpha value is -0.110. The van der Waals surface area contributed by atoms with Gasteiger partial charge in [-0.1, -0.05) is 0 Å². The van der Waals surface area contributed by atoms with Gasteiger partial charge in [0.25, 0.3) is 0 Å². The van der Waals surface area contributed by atoms with Crippen molar-refractivity contribution in [2.45, 2.75) is 12.8 Å². The lowest BCUT2D eigenvalue weighted by molar-refractivity contribution is 0.292. The molecule has 1 fully saturated rings. The highest BCUT2D eigenvalue weighted by Crippen LogP contribution is 2.10. The SMILES string of the molecule is FCC1CCNCC1. The van der Waals surface area contributed by atoms with Crippen molar-refractivity contribution >= 4 is 0 Å². The van der Waals surface area contributed by atoms with Crippen molar-refractivity contribution < 1.29 is 4.39 Å². The number of rotatable bonds is 1. The van der Waals surface area contributed by atoms with Gasteiger partial charge in [0, 0.05) is 0 Å². The lowest BCUT2D eigenvalue weighted by Gasteiger charge is -2.18. The summed E-state index contributed by atoms with van der Waals surface area (Å²) in [5.41, 5.74) is 0. The average Bonchev–Trinajstić information content (AvgIpc) is 1.90. The molecule has 0 spiro atoms. The molecule has 1 nitrogen and oxygen atoms in total. The molecule has 8 heavy (non-hydrogen) atoms. The molecular weight excluding hydrogens is 105 g/mol. The Morgan fingerprint density at radius 1 is 1.38 bits per heavy atom. The van der Waals surface area contributed by atoms with Gasteiger partial charge in [-0.05, 0) is 31.8 Å². The van der Waals surface area contributed by atoms with Gasteiger partial charge in [-0.15, -0.1) is 0 Å². The fraction of sp³-hybridized carbons (Fsp3) is 1.00. The molecule has 1 aliphatic rings. The third-order valence-corrected chi connectivity index (χ3v) is 1.68. The zero-order valence-corrected chi connectivity index (χ0v) is 4.99. The Morgan fingerprint density at radius 2 is 2.00 bits per heavy atom. The van der Waals surface area contributed by atoms with Crippen LogP contribution in [0.1, 0.15) is 12.8 Å². The molecule has 1 aliphatic heterocycles. The summed E-state index contributed by atoms with van der Waals surface area (Å²) in [5, 5.41) is 3.18. The molecule has 0 unspecified atom stereocenters. The van der Waals surface area contributed by atoms with Gasteiger partial charge in [-0.3, -0.25) is 4.39 Å². The van der Waals surface area contributed by atoms with E-state index in [0.717, 1.165) is 25.9 Å². The largest absolute Gasteiger partial charge is 0.317 e. The van der Waals surface area contributed by atoms with E-state index in [1.54, 1.807) is 0 Å². The van der Waals surface area contributed by atoms with Gasteiger partial charge in [0.15, 0.2) is 0 Å². The first-order valence-corrected chi connectivity index (χ1v) is 3.20. The van der Waals surface area contributed by atoms with E-state index in [2.05, 4.69) is 5.32 Å². The molecule has 0 aromatic carbocycles. The summed E-state index contributed by atoms with van der Waals surface area (Å²) in [6, 6.07) is 0. The Bertz CT molecular complexity index is 59.5. The molecule has 0 saturated carbocycles. The summed E-state index contributed by atoms with van der Waals surface area (Å²) in [7, 11) is 0. The van der Waals surface area contributed by atoms with Crippen LogP contribution in [-0.4, -0.2) is 19.8 Å². The predicted octanol–water partition coefficient (Wildman–Crippen LogP) is 0.956. The zero-order chi connectivity index (χ0) is 5.82. The van der Waals surface area contributed by atoms with Crippen LogP contribution < -0.4 is 5.32 Å². The number of piperidine rings is 1. The Kier molecular flexibility index (Phi) is 2.27. The van der Waals surface area contributed by atoms with Crippen molar-refractivity contribution in [2.75, 3.05) is 19.8 Å². The molecule has 1 rings (SSSR count). The molecule has 0 bridgehead atoms. The van der Waals surface area contributed by atoms with E-state index in [0.29, 0.717) is 5.92 Å². The molecule has 1 N–H and O–H groups in total. The van der Waals surface area contributed by atoms with Crippen LogP contribution in [0.5, 0.6) is 0 Å². The fourth-order valence-electron chi connectivity index (χ4n) is 1.04. The van der Waals surface area contributed by atoms with Gasteiger partial charge in [-0.25, -0.2) is 0 Å². The summed E-state index contributed by atoms with van der Waals surface area (Å²) >= 11 is 0. The molecule has 0 radical (unpaired) electrons. The van der Waals surface area contributed by atoms with E-state index >= 15 is 0 Å². The lowest BCUT2D eigenvalue weighted by atomic mass is 10.0. The van der Waals surface area contributed by atoms with Crippen molar-refractivity contribution in [3.8, 4) is 0 Å². The second-order valence-corrected chi connectivity index (χ2v) is 2.35. The first kappa shape index (κ1) is 6.02. The molecule has 2 heteroatoms. The molecule has 0 aromatic rings. The van der Waals surface area contributed by atoms with Gasteiger partial charge < -0.3 is 5.32 Å². The number of alkyl halides is 1. The van der Waals surface area contributed by atoms with Crippen LogP contribution in [0.15, 0.2) is 0 Å². The number of hydrogen-bond acceptors (Lipinski definition) is 1. The number of halogens is 1. The minimum absolute atomic E-state index is 0.123. The molecule has 1 heterocycles. The minimum atomic E-state index is -0.123. The second-order valence-electron chi connectivity index (χ2n) is 2.35. The van der Waals surface area contributed by atoms with Gasteiger partial charge in [0.05, 0.1) is 6.67 Å². The lowest BCUT2D eigenvalue weighted by Crippen LogP contribution is -2.28. The molecule has 0 amide bonds. The maximum absolute atomic E-state index is 11.9. The smallest absolute Gasteiger partial charge is 0.0923 e. The molecule has 0 aromatic heterocycles. The minimum Gasteiger partial charge on any atom is -0.317 e. The standard InChI is InChI=1S/C6H12FN/c7-5-6-1-3-8-4-2-6/h6,8H,1-5H2. The van der Waals surface area contributed by atoms with Gasteiger partial charge >= 0.3 is 0 Å². The summed E-state index contributed by atoms with van der Waals surface area (Å²) in [6.45, 7) is 1.89. The Labute approximate surface area is 49.3 Å². The highest BCUT2D eigenvalue weighted by atomic mass is 19.1. The number of nitrogens with one attached hydrogen (secondary N) is 1. The van der Waals surface area contributed by atoms with Crippen LogP contribution in [0.3, 0.4) is 0 Å². The maximum atomic E-state index is 11.9. The van der Waals surface area contributed by atoms with E-state index in [-0.39, 0.29) is 6.67 Å². The molecule has 0 atom stereocenters. The summed E-state index contributed by atoms with van der Waals surface area (Å²) < 4.78 is 11.9. The van der Waals surface area contributed by atoms with E-state index in [1.165, 1.54) is 0 Å². The quantitative estimate of drug-likeness (QED) is 0.539. The van der Waals surface area contributed by atoms with Crippen LogP contribution in [0.4, 0.5) is 4.39 Å². The highest BCUT2D eigenvalue weighted by molar-refractivity contribution is 4.66. The summed E-state index contributed by atoms with van der Waals surface area (Å²) in [5.74, 6) is 0.358. The second kappa shape index (κ2) is 3.02. The maximum Gasteiger partial charge on any atom is 0.0923 e. The highest BCUT2D eigenvalue weighted by Gasteiger charge is 2.10. The summed E-state index contributed by atoms with van der Waals surface area (Å²) in [4.78, 5) is 0. The van der Waals surface area contributed by atoms with Crippen molar-refractivity contribution in [2.24, 2.45) is 5.92 Å². The van der Waals surface area contributed by atoms with Crippen LogP contribution >= 0.6 is 0 Å². The topological polar surface area (TPSA) is 12.0 Å². The third kappa shape index (κ3) is 1.44. The Balaban J connectivity index is 2.13. The zero-order valence-electron chi connectivity index (χ0n) is 4.99. The van der Waals surface area contributed by atoms with E-state index in [1.807, 2.05) is 0 Å². The molecular formula is C6H12FN. The van der Waals surface area contributed by atoms with Gasteiger partial charge in [0.2, 0.25) is 0 Å². The Morgan fingerprint density at radius 3 is 2.38 bits per heavy atom. The van der Waals surface area contributed by atoms with Crippen LogP contribution in [0.2, 0.25) is 0 Å².